The summed E-state index contributed by atoms with van der Waals surface area (Å²) in [5.74, 6) is 5.17. The highest BCUT2D eigenvalue weighted by molar-refractivity contribution is 6.31. The van der Waals surface area contributed by atoms with Crippen LogP contribution in [0.5, 0.6) is 0 Å². The van der Waals surface area contributed by atoms with E-state index in [1.165, 1.54) is 6.33 Å². The Bertz CT molecular complexity index is 663. The Morgan fingerprint density at radius 3 is 2.70 bits per heavy atom. The Morgan fingerprint density at radius 1 is 1.35 bits per heavy atom. The molecule has 0 aliphatic heterocycles. The molecular formula is C11H11ClN6O2. The standard InChI is InChI=1S/C11H11ClN6O2/c1-6-7(12)3-2-4-8(6)16-10-9(18(19)20)11(17-13)15-5-14-10/h2-5H,13H2,1H3,(H2,14,15,16,17). The fourth-order valence-electron chi connectivity index (χ4n) is 1.62. The van der Waals surface area contributed by atoms with E-state index in [4.69, 9.17) is 17.4 Å². The number of halogens is 1. The third kappa shape index (κ3) is 2.60. The SMILES string of the molecule is Cc1c(Cl)cccc1Nc1ncnc(NN)c1[N+](=O)[O-]. The average molecular weight is 295 g/mol. The van der Waals surface area contributed by atoms with Crippen LogP contribution < -0.4 is 16.6 Å². The van der Waals surface area contributed by atoms with Crippen molar-refractivity contribution in [3.63, 3.8) is 0 Å². The van der Waals surface area contributed by atoms with Crippen molar-refractivity contribution in [2.45, 2.75) is 6.92 Å². The van der Waals surface area contributed by atoms with E-state index in [0.717, 1.165) is 5.56 Å². The first-order valence-corrected chi connectivity index (χ1v) is 5.90. The van der Waals surface area contributed by atoms with Crippen molar-refractivity contribution in [2.75, 3.05) is 10.7 Å². The summed E-state index contributed by atoms with van der Waals surface area (Å²) < 4.78 is 0. The van der Waals surface area contributed by atoms with E-state index in [1.54, 1.807) is 25.1 Å². The van der Waals surface area contributed by atoms with E-state index < -0.39 is 4.92 Å². The maximum absolute atomic E-state index is 11.1. The van der Waals surface area contributed by atoms with Crippen molar-refractivity contribution in [3.8, 4) is 0 Å². The third-order valence-electron chi connectivity index (χ3n) is 2.66. The van der Waals surface area contributed by atoms with E-state index >= 15 is 0 Å². The molecular weight excluding hydrogens is 284 g/mol. The van der Waals surface area contributed by atoms with E-state index in [2.05, 4.69) is 20.7 Å². The number of anilines is 3. The lowest BCUT2D eigenvalue weighted by molar-refractivity contribution is -0.383. The van der Waals surface area contributed by atoms with Crippen LogP contribution in [-0.2, 0) is 0 Å². The maximum Gasteiger partial charge on any atom is 0.354 e. The van der Waals surface area contributed by atoms with Crippen LogP contribution in [0.4, 0.5) is 23.0 Å². The lowest BCUT2D eigenvalue weighted by atomic mass is 10.2. The first kappa shape index (κ1) is 14.0. The number of rotatable bonds is 4. The Labute approximate surface area is 119 Å². The first-order valence-electron chi connectivity index (χ1n) is 5.52. The Balaban J connectivity index is 2.48. The Kier molecular flexibility index (Phi) is 3.97. The van der Waals surface area contributed by atoms with Gasteiger partial charge in [0.2, 0.25) is 11.6 Å². The molecule has 0 saturated carbocycles. The highest BCUT2D eigenvalue weighted by Crippen LogP contribution is 2.32. The van der Waals surface area contributed by atoms with Gasteiger partial charge in [-0.1, -0.05) is 17.7 Å². The molecule has 1 aromatic heterocycles. The van der Waals surface area contributed by atoms with E-state index in [1.807, 2.05) is 0 Å². The molecule has 0 aliphatic rings. The van der Waals surface area contributed by atoms with Crippen molar-refractivity contribution in [1.82, 2.24) is 9.97 Å². The van der Waals surface area contributed by atoms with Crippen LogP contribution in [0.1, 0.15) is 5.56 Å². The van der Waals surface area contributed by atoms with Crippen LogP contribution in [0.3, 0.4) is 0 Å². The predicted molar refractivity (Wildman–Crippen MR) is 76.0 cm³/mol. The molecule has 0 atom stereocenters. The number of nitrogens with two attached hydrogens (primary N) is 1. The molecule has 0 saturated heterocycles. The summed E-state index contributed by atoms with van der Waals surface area (Å²) in [5, 5.41) is 14.5. The molecule has 0 fully saturated rings. The molecule has 0 unspecified atom stereocenters. The average Bonchev–Trinajstić information content (AvgIpc) is 2.43. The van der Waals surface area contributed by atoms with Gasteiger partial charge in [0.05, 0.1) is 4.92 Å². The quantitative estimate of drug-likeness (QED) is 0.450. The number of nitrogen functional groups attached to an aromatic ring is 1. The summed E-state index contributed by atoms with van der Waals surface area (Å²) in [5.41, 5.74) is 3.20. The number of aromatic nitrogens is 2. The Morgan fingerprint density at radius 2 is 2.05 bits per heavy atom. The molecule has 0 spiro atoms. The minimum absolute atomic E-state index is 0.0308. The smallest absolute Gasteiger partial charge is 0.334 e. The fraction of sp³-hybridized carbons (Fsp3) is 0.0909. The van der Waals surface area contributed by atoms with Crippen LogP contribution in [0.2, 0.25) is 5.02 Å². The van der Waals surface area contributed by atoms with Crippen LogP contribution in [0.15, 0.2) is 24.5 Å². The second-order valence-corrected chi connectivity index (χ2v) is 4.27. The summed E-state index contributed by atoms with van der Waals surface area (Å²) in [4.78, 5) is 18.1. The summed E-state index contributed by atoms with van der Waals surface area (Å²) in [7, 11) is 0. The van der Waals surface area contributed by atoms with Crippen molar-refractivity contribution >= 4 is 34.6 Å². The lowest BCUT2D eigenvalue weighted by Gasteiger charge is -2.11. The van der Waals surface area contributed by atoms with Gasteiger partial charge in [-0.3, -0.25) is 10.1 Å². The summed E-state index contributed by atoms with van der Waals surface area (Å²) in [6, 6.07) is 5.19. The van der Waals surface area contributed by atoms with Gasteiger partial charge in [-0.15, -0.1) is 0 Å². The molecule has 0 radical (unpaired) electrons. The van der Waals surface area contributed by atoms with Crippen molar-refractivity contribution in [3.05, 3.63) is 45.2 Å². The van der Waals surface area contributed by atoms with Crippen LogP contribution in [0, 0.1) is 17.0 Å². The number of hydrazine groups is 1. The number of hydrogen-bond donors (Lipinski definition) is 3. The Hall–Kier alpha value is -2.45. The zero-order valence-electron chi connectivity index (χ0n) is 10.4. The highest BCUT2D eigenvalue weighted by Gasteiger charge is 2.22. The molecule has 0 bridgehead atoms. The van der Waals surface area contributed by atoms with Crippen LogP contribution in [0.25, 0.3) is 0 Å². The van der Waals surface area contributed by atoms with E-state index in [-0.39, 0.29) is 17.3 Å². The number of hydrogen-bond acceptors (Lipinski definition) is 7. The van der Waals surface area contributed by atoms with Gasteiger partial charge in [0.15, 0.2) is 0 Å². The second-order valence-electron chi connectivity index (χ2n) is 3.86. The first-order chi connectivity index (χ1) is 9.54. The van der Waals surface area contributed by atoms with Crippen molar-refractivity contribution < 1.29 is 4.92 Å². The van der Waals surface area contributed by atoms with Gasteiger partial charge in [0, 0.05) is 10.7 Å². The van der Waals surface area contributed by atoms with E-state index in [0.29, 0.717) is 10.7 Å². The highest BCUT2D eigenvalue weighted by atomic mass is 35.5. The summed E-state index contributed by atoms with van der Waals surface area (Å²) >= 11 is 6.00. The second kappa shape index (κ2) is 5.68. The van der Waals surface area contributed by atoms with Crippen molar-refractivity contribution in [1.29, 1.82) is 0 Å². The predicted octanol–water partition coefficient (Wildman–Crippen LogP) is 2.38. The van der Waals surface area contributed by atoms with Gasteiger partial charge >= 0.3 is 5.69 Å². The van der Waals surface area contributed by atoms with Gasteiger partial charge in [-0.25, -0.2) is 15.8 Å². The van der Waals surface area contributed by atoms with Crippen LogP contribution in [-0.4, -0.2) is 14.9 Å². The number of nitro groups is 1. The maximum atomic E-state index is 11.1. The molecule has 2 rings (SSSR count). The van der Waals surface area contributed by atoms with Crippen LogP contribution >= 0.6 is 11.6 Å². The molecule has 104 valence electrons. The minimum atomic E-state index is -0.614. The fourth-order valence-corrected chi connectivity index (χ4v) is 1.79. The summed E-state index contributed by atoms with van der Waals surface area (Å²) in [6.07, 6.45) is 1.17. The topological polar surface area (TPSA) is 119 Å². The molecule has 1 aromatic carbocycles. The number of nitrogens with zero attached hydrogens (tertiary/aromatic N) is 3. The summed E-state index contributed by atoms with van der Waals surface area (Å²) in [6.45, 7) is 1.79. The molecule has 0 amide bonds. The molecule has 1 heterocycles. The van der Waals surface area contributed by atoms with E-state index in [9.17, 15) is 10.1 Å². The zero-order chi connectivity index (χ0) is 14.7. The van der Waals surface area contributed by atoms with Gasteiger partial charge in [-0.05, 0) is 24.6 Å². The largest absolute Gasteiger partial charge is 0.354 e. The minimum Gasteiger partial charge on any atom is -0.334 e. The number of nitrogens with one attached hydrogen (secondary N) is 2. The van der Waals surface area contributed by atoms with Gasteiger partial charge in [0.25, 0.3) is 0 Å². The monoisotopic (exact) mass is 294 g/mol. The van der Waals surface area contributed by atoms with Crippen molar-refractivity contribution in [2.24, 2.45) is 5.84 Å². The lowest BCUT2D eigenvalue weighted by Crippen LogP contribution is -2.13. The molecule has 4 N–H and O–H groups in total. The van der Waals surface area contributed by atoms with Gasteiger partial charge in [-0.2, -0.15) is 0 Å². The molecule has 9 heteroatoms. The molecule has 0 aliphatic carbocycles. The molecule has 20 heavy (non-hydrogen) atoms. The third-order valence-corrected chi connectivity index (χ3v) is 3.07. The molecule has 8 nitrogen and oxygen atoms in total. The number of benzene rings is 1. The van der Waals surface area contributed by atoms with Gasteiger partial charge in [0.1, 0.15) is 6.33 Å². The normalized spacial score (nSPS) is 10.2. The zero-order valence-corrected chi connectivity index (χ0v) is 11.2. The van der Waals surface area contributed by atoms with Gasteiger partial charge < -0.3 is 10.7 Å². The molecule has 2 aromatic rings.